The molecule has 1 saturated heterocycles. The second-order valence-electron chi connectivity index (χ2n) is 6.06. The van der Waals surface area contributed by atoms with Gasteiger partial charge in [-0.1, -0.05) is 25.1 Å². The molecule has 1 aliphatic rings. The fraction of sp³-hybridized carbons (Fsp3) is 0.556. The number of rotatable bonds is 7. The van der Waals surface area contributed by atoms with Crippen molar-refractivity contribution in [1.29, 1.82) is 0 Å². The summed E-state index contributed by atoms with van der Waals surface area (Å²) in [5.41, 5.74) is 0.780. The summed E-state index contributed by atoms with van der Waals surface area (Å²) in [6, 6.07) is 9.26. The lowest BCUT2D eigenvalue weighted by Crippen LogP contribution is -2.44. The zero-order valence-corrected chi connectivity index (χ0v) is 14.0. The van der Waals surface area contributed by atoms with Crippen LogP contribution in [0, 0.1) is 5.92 Å². The van der Waals surface area contributed by atoms with Crippen LogP contribution in [-0.4, -0.2) is 42.5 Å². The summed E-state index contributed by atoms with van der Waals surface area (Å²) in [5.74, 6) is -0.00850. The van der Waals surface area contributed by atoms with Gasteiger partial charge in [-0.2, -0.15) is 0 Å². The molecule has 1 N–H and O–H groups in total. The van der Waals surface area contributed by atoms with Gasteiger partial charge in [0.1, 0.15) is 0 Å². The summed E-state index contributed by atoms with van der Waals surface area (Å²) >= 11 is 0. The third kappa shape index (κ3) is 5.06. The SMILES string of the molecule is CCCN(C(=O)[C@@H]1CCOC1)[C@H](C)CC(=O)Nc1ccccc1. The monoisotopic (exact) mass is 318 g/mol. The van der Waals surface area contributed by atoms with Gasteiger partial charge in [0, 0.05) is 31.3 Å². The maximum atomic E-state index is 12.6. The van der Waals surface area contributed by atoms with Crippen LogP contribution in [0.4, 0.5) is 5.69 Å². The van der Waals surface area contributed by atoms with Crippen molar-refractivity contribution in [3.05, 3.63) is 30.3 Å². The molecule has 0 aliphatic carbocycles. The lowest BCUT2D eigenvalue weighted by molar-refractivity contribution is -0.138. The minimum atomic E-state index is -0.119. The highest BCUT2D eigenvalue weighted by Gasteiger charge is 2.30. The summed E-state index contributed by atoms with van der Waals surface area (Å²) in [4.78, 5) is 26.7. The molecule has 0 spiro atoms. The highest BCUT2D eigenvalue weighted by molar-refractivity contribution is 5.91. The van der Waals surface area contributed by atoms with E-state index in [1.807, 2.05) is 49.1 Å². The fourth-order valence-corrected chi connectivity index (χ4v) is 2.86. The van der Waals surface area contributed by atoms with Gasteiger partial charge in [-0.05, 0) is 31.9 Å². The third-order valence-electron chi connectivity index (χ3n) is 4.10. The van der Waals surface area contributed by atoms with Gasteiger partial charge in [-0.25, -0.2) is 0 Å². The first kappa shape index (κ1) is 17.5. The van der Waals surface area contributed by atoms with Crippen LogP contribution in [0.5, 0.6) is 0 Å². The van der Waals surface area contributed by atoms with Crippen LogP contribution in [0.2, 0.25) is 0 Å². The Labute approximate surface area is 138 Å². The lowest BCUT2D eigenvalue weighted by atomic mass is 10.0. The molecule has 5 nitrogen and oxygen atoms in total. The molecular formula is C18H26N2O3. The molecule has 1 fully saturated rings. The van der Waals surface area contributed by atoms with E-state index in [0.29, 0.717) is 26.2 Å². The summed E-state index contributed by atoms with van der Waals surface area (Å²) in [5, 5.41) is 2.88. The number of nitrogens with one attached hydrogen (secondary N) is 1. The first-order valence-corrected chi connectivity index (χ1v) is 8.35. The Morgan fingerprint density at radius 3 is 2.70 bits per heavy atom. The number of ether oxygens (including phenoxy) is 1. The molecule has 0 bridgehead atoms. The molecule has 2 rings (SSSR count). The molecule has 0 radical (unpaired) electrons. The number of benzene rings is 1. The number of amides is 2. The van der Waals surface area contributed by atoms with Crippen LogP contribution in [0.3, 0.4) is 0 Å². The Morgan fingerprint density at radius 1 is 1.35 bits per heavy atom. The van der Waals surface area contributed by atoms with Gasteiger partial charge in [0.05, 0.1) is 12.5 Å². The third-order valence-corrected chi connectivity index (χ3v) is 4.10. The number of hydrogen-bond donors (Lipinski definition) is 1. The first-order valence-electron chi connectivity index (χ1n) is 8.35. The Kier molecular flexibility index (Phi) is 6.59. The van der Waals surface area contributed by atoms with Crippen LogP contribution in [0.1, 0.15) is 33.1 Å². The van der Waals surface area contributed by atoms with E-state index in [-0.39, 0.29) is 23.8 Å². The Morgan fingerprint density at radius 2 is 2.09 bits per heavy atom. The Balaban J connectivity index is 1.92. The van der Waals surface area contributed by atoms with Gasteiger partial charge in [0.15, 0.2) is 0 Å². The van der Waals surface area contributed by atoms with Crippen LogP contribution < -0.4 is 5.32 Å². The number of nitrogens with zero attached hydrogens (tertiary/aromatic N) is 1. The van der Waals surface area contributed by atoms with E-state index in [2.05, 4.69) is 5.32 Å². The smallest absolute Gasteiger partial charge is 0.228 e. The van der Waals surface area contributed by atoms with E-state index in [1.54, 1.807) is 0 Å². The van der Waals surface area contributed by atoms with E-state index in [0.717, 1.165) is 18.5 Å². The predicted molar refractivity (Wildman–Crippen MR) is 90.1 cm³/mol. The quantitative estimate of drug-likeness (QED) is 0.841. The molecule has 5 heteroatoms. The first-order chi connectivity index (χ1) is 11.1. The number of hydrogen-bond acceptors (Lipinski definition) is 3. The zero-order valence-electron chi connectivity index (χ0n) is 14.0. The Hall–Kier alpha value is -1.88. The van der Waals surface area contributed by atoms with Crippen molar-refractivity contribution < 1.29 is 14.3 Å². The highest BCUT2D eigenvalue weighted by atomic mass is 16.5. The van der Waals surface area contributed by atoms with Crippen molar-refractivity contribution in [2.75, 3.05) is 25.1 Å². The van der Waals surface area contributed by atoms with Crippen molar-refractivity contribution >= 4 is 17.5 Å². The summed E-state index contributed by atoms with van der Waals surface area (Å²) in [7, 11) is 0. The summed E-state index contributed by atoms with van der Waals surface area (Å²) in [6.45, 7) is 5.81. The number of carbonyl (C=O) groups excluding carboxylic acids is 2. The van der Waals surface area contributed by atoms with E-state index >= 15 is 0 Å². The molecule has 0 unspecified atom stereocenters. The molecule has 0 aromatic heterocycles. The number of para-hydroxylation sites is 1. The maximum Gasteiger partial charge on any atom is 0.228 e. The molecule has 2 amide bonds. The average molecular weight is 318 g/mol. The van der Waals surface area contributed by atoms with Crippen LogP contribution in [0.15, 0.2) is 30.3 Å². The van der Waals surface area contributed by atoms with Crippen molar-refractivity contribution in [3.63, 3.8) is 0 Å². The number of anilines is 1. The minimum absolute atomic E-state index is 0.0545. The molecule has 1 aromatic rings. The van der Waals surface area contributed by atoms with Gasteiger partial charge in [0.2, 0.25) is 11.8 Å². The summed E-state index contributed by atoms with van der Waals surface area (Å²) < 4.78 is 5.32. The molecular weight excluding hydrogens is 292 g/mol. The molecule has 0 saturated carbocycles. The zero-order chi connectivity index (χ0) is 16.7. The second kappa shape index (κ2) is 8.67. The molecule has 126 valence electrons. The summed E-state index contributed by atoms with van der Waals surface area (Å²) in [6.07, 6.45) is 1.96. The van der Waals surface area contributed by atoms with E-state index < -0.39 is 0 Å². The van der Waals surface area contributed by atoms with Gasteiger partial charge >= 0.3 is 0 Å². The van der Waals surface area contributed by atoms with Crippen molar-refractivity contribution in [2.24, 2.45) is 5.92 Å². The van der Waals surface area contributed by atoms with Gasteiger partial charge in [0.25, 0.3) is 0 Å². The van der Waals surface area contributed by atoms with E-state index in [1.165, 1.54) is 0 Å². The lowest BCUT2D eigenvalue weighted by Gasteiger charge is -2.30. The maximum absolute atomic E-state index is 12.6. The molecule has 1 aliphatic heterocycles. The largest absolute Gasteiger partial charge is 0.381 e. The molecule has 1 aromatic carbocycles. The van der Waals surface area contributed by atoms with Crippen LogP contribution in [0.25, 0.3) is 0 Å². The number of carbonyl (C=O) groups is 2. The second-order valence-corrected chi connectivity index (χ2v) is 6.06. The van der Waals surface area contributed by atoms with Crippen LogP contribution in [-0.2, 0) is 14.3 Å². The van der Waals surface area contributed by atoms with Crippen molar-refractivity contribution in [3.8, 4) is 0 Å². The van der Waals surface area contributed by atoms with E-state index in [4.69, 9.17) is 4.74 Å². The van der Waals surface area contributed by atoms with E-state index in [9.17, 15) is 9.59 Å². The Bertz CT molecular complexity index is 512. The van der Waals surface area contributed by atoms with Gasteiger partial charge < -0.3 is 15.0 Å². The highest BCUT2D eigenvalue weighted by Crippen LogP contribution is 2.19. The fourth-order valence-electron chi connectivity index (χ4n) is 2.86. The molecule has 2 atom stereocenters. The van der Waals surface area contributed by atoms with Gasteiger partial charge in [-0.15, -0.1) is 0 Å². The van der Waals surface area contributed by atoms with Crippen molar-refractivity contribution in [1.82, 2.24) is 4.90 Å². The topological polar surface area (TPSA) is 58.6 Å². The standard InChI is InChI=1S/C18H26N2O3/c1-3-10-20(18(22)15-9-11-23-13-15)14(2)12-17(21)19-16-7-5-4-6-8-16/h4-8,14-15H,3,9-13H2,1-2H3,(H,19,21)/t14-,15-/m1/s1. The molecule has 1 heterocycles. The van der Waals surface area contributed by atoms with Crippen molar-refractivity contribution in [2.45, 2.75) is 39.2 Å². The van der Waals surface area contributed by atoms with Crippen LogP contribution >= 0.6 is 0 Å². The molecule has 23 heavy (non-hydrogen) atoms. The average Bonchev–Trinajstić information content (AvgIpc) is 3.07. The van der Waals surface area contributed by atoms with Gasteiger partial charge in [-0.3, -0.25) is 9.59 Å². The normalized spacial score (nSPS) is 18.4. The predicted octanol–water partition coefficient (Wildman–Crippen LogP) is 2.68. The minimum Gasteiger partial charge on any atom is -0.381 e.